The van der Waals surface area contributed by atoms with Crippen molar-refractivity contribution in [2.24, 2.45) is 11.3 Å². The van der Waals surface area contributed by atoms with E-state index in [9.17, 15) is 14.7 Å². The number of esters is 1. The second kappa shape index (κ2) is 6.04. The van der Waals surface area contributed by atoms with Crippen molar-refractivity contribution in [3.8, 4) is 0 Å². The molecule has 0 fully saturated rings. The van der Waals surface area contributed by atoms with Crippen LogP contribution in [0.25, 0.3) is 0 Å². The lowest BCUT2D eigenvalue weighted by Crippen LogP contribution is -2.41. The van der Waals surface area contributed by atoms with Gasteiger partial charge in [0.2, 0.25) is 0 Å². The molecule has 106 valence electrons. The van der Waals surface area contributed by atoms with Gasteiger partial charge in [0.25, 0.3) is 0 Å². The number of carboxylic acid groups (broad SMARTS) is 1. The van der Waals surface area contributed by atoms with Gasteiger partial charge in [0.15, 0.2) is 0 Å². The zero-order chi connectivity index (χ0) is 14.6. The van der Waals surface area contributed by atoms with Crippen molar-refractivity contribution in [3.05, 3.63) is 23.8 Å². The Morgan fingerprint density at radius 3 is 2.68 bits per heavy atom. The molecule has 0 saturated carbocycles. The topological polar surface area (TPSA) is 63.6 Å². The molecule has 0 radical (unpaired) electrons. The van der Waals surface area contributed by atoms with Gasteiger partial charge in [0.1, 0.15) is 5.41 Å². The molecule has 4 heteroatoms. The first-order valence-electron chi connectivity index (χ1n) is 6.62. The second-order valence-electron chi connectivity index (χ2n) is 5.35. The molecule has 0 spiro atoms. The Balaban J connectivity index is 2.95. The largest absolute Gasteiger partial charge is 0.481 e. The van der Waals surface area contributed by atoms with E-state index < -0.39 is 23.3 Å². The van der Waals surface area contributed by atoms with Crippen molar-refractivity contribution in [3.63, 3.8) is 0 Å². The molecule has 1 aliphatic rings. The van der Waals surface area contributed by atoms with Crippen molar-refractivity contribution in [2.45, 2.75) is 46.6 Å². The maximum Gasteiger partial charge on any atom is 0.317 e. The summed E-state index contributed by atoms with van der Waals surface area (Å²) in [4.78, 5) is 23.6. The highest BCUT2D eigenvalue weighted by molar-refractivity contribution is 5.88. The first-order valence-corrected chi connectivity index (χ1v) is 6.62. The molecule has 19 heavy (non-hydrogen) atoms. The standard InChI is InChI=1S/C15H22O4/c1-5-6-11(3)19-14(18)15(4)9-10(2)7-8-12(15)13(16)17/h7-9,11-12H,5-6H2,1-4H3,(H,16,17)/t11?,12-,15+/m0/s1. The van der Waals surface area contributed by atoms with Crippen LogP contribution < -0.4 is 0 Å². The van der Waals surface area contributed by atoms with E-state index >= 15 is 0 Å². The molecule has 0 aliphatic heterocycles. The van der Waals surface area contributed by atoms with Gasteiger partial charge in [-0.05, 0) is 27.2 Å². The van der Waals surface area contributed by atoms with Crippen LogP contribution in [0.5, 0.6) is 0 Å². The van der Waals surface area contributed by atoms with Gasteiger partial charge in [0, 0.05) is 0 Å². The lowest BCUT2D eigenvalue weighted by molar-refractivity contribution is -0.164. The Hall–Kier alpha value is -1.58. The molecule has 1 aliphatic carbocycles. The number of rotatable bonds is 5. The maximum absolute atomic E-state index is 12.3. The lowest BCUT2D eigenvalue weighted by atomic mass is 9.73. The van der Waals surface area contributed by atoms with Gasteiger partial charge in [-0.25, -0.2) is 0 Å². The first-order chi connectivity index (χ1) is 8.81. The van der Waals surface area contributed by atoms with Gasteiger partial charge in [-0.1, -0.05) is 37.1 Å². The molecule has 0 aromatic carbocycles. The van der Waals surface area contributed by atoms with Gasteiger partial charge in [-0.15, -0.1) is 0 Å². The van der Waals surface area contributed by atoms with Crippen molar-refractivity contribution in [2.75, 3.05) is 0 Å². The van der Waals surface area contributed by atoms with E-state index in [-0.39, 0.29) is 6.10 Å². The summed E-state index contributed by atoms with van der Waals surface area (Å²) in [6, 6.07) is 0. The number of ether oxygens (including phenoxy) is 1. The monoisotopic (exact) mass is 266 g/mol. The Kier molecular flexibility index (Phi) is 4.92. The van der Waals surface area contributed by atoms with E-state index in [1.807, 2.05) is 20.8 Å². The van der Waals surface area contributed by atoms with Crippen molar-refractivity contribution in [1.29, 1.82) is 0 Å². The first kappa shape index (κ1) is 15.5. The molecular weight excluding hydrogens is 244 g/mol. The van der Waals surface area contributed by atoms with E-state index in [1.54, 1.807) is 25.2 Å². The normalized spacial score (nSPS) is 27.6. The zero-order valence-corrected chi connectivity index (χ0v) is 12.0. The van der Waals surface area contributed by atoms with Crippen LogP contribution in [0.4, 0.5) is 0 Å². The van der Waals surface area contributed by atoms with E-state index in [1.165, 1.54) is 0 Å². The lowest BCUT2D eigenvalue weighted by Gasteiger charge is -2.32. The van der Waals surface area contributed by atoms with Crippen molar-refractivity contribution >= 4 is 11.9 Å². The SMILES string of the molecule is CCCC(C)OC(=O)[C@]1(C)C=C(C)C=C[C@H]1C(=O)O. The van der Waals surface area contributed by atoms with Crippen LogP contribution in [0.2, 0.25) is 0 Å². The quantitative estimate of drug-likeness (QED) is 0.777. The van der Waals surface area contributed by atoms with Crippen LogP contribution in [0.3, 0.4) is 0 Å². The van der Waals surface area contributed by atoms with Gasteiger partial charge < -0.3 is 9.84 Å². The van der Waals surface area contributed by atoms with Gasteiger partial charge in [-0.3, -0.25) is 9.59 Å². The summed E-state index contributed by atoms with van der Waals surface area (Å²) < 4.78 is 5.38. The Bertz CT molecular complexity index is 422. The van der Waals surface area contributed by atoms with E-state index in [0.717, 1.165) is 18.4 Å². The average molecular weight is 266 g/mol. The van der Waals surface area contributed by atoms with Gasteiger partial charge in [-0.2, -0.15) is 0 Å². The zero-order valence-electron chi connectivity index (χ0n) is 12.0. The summed E-state index contributed by atoms with van der Waals surface area (Å²) in [6.45, 7) is 7.31. The van der Waals surface area contributed by atoms with Crippen LogP contribution in [0, 0.1) is 11.3 Å². The molecule has 0 bridgehead atoms. The number of allylic oxidation sites excluding steroid dienone is 2. The molecule has 1 N–H and O–H groups in total. The molecule has 1 rings (SSSR count). The smallest absolute Gasteiger partial charge is 0.317 e. The Labute approximate surface area is 114 Å². The predicted molar refractivity (Wildman–Crippen MR) is 72.6 cm³/mol. The van der Waals surface area contributed by atoms with Crippen LogP contribution in [0.1, 0.15) is 40.5 Å². The van der Waals surface area contributed by atoms with Crippen LogP contribution >= 0.6 is 0 Å². The van der Waals surface area contributed by atoms with Crippen LogP contribution in [0.15, 0.2) is 23.8 Å². The molecule has 0 aromatic heterocycles. The molecule has 0 saturated heterocycles. The molecular formula is C15H22O4. The second-order valence-corrected chi connectivity index (χ2v) is 5.35. The minimum atomic E-state index is -1.13. The highest BCUT2D eigenvalue weighted by Gasteiger charge is 2.45. The fourth-order valence-electron chi connectivity index (χ4n) is 2.36. The molecule has 1 unspecified atom stereocenters. The molecule has 4 nitrogen and oxygen atoms in total. The molecule has 0 amide bonds. The van der Waals surface area contributed by atoms with E-state index in [4.69, 9.17) is 4.74 Å². The third kappa shape index (κ3) is 3.46. The van der Waals surface area contributed by atoms with Crippen LogP contribution in [-0.4, -0.2) is 23.1 Å². The van der Waals surface area contributed by atoms with Crippen molar-refractivity contribution in [1.82, 2.24) is 0 Å². The average Bonchev–Trinajstić information content (AvgIpc) is 2.28. The summed E-state index contributed by atoms with van der Waals surface area (Å²) >= 11 is 0. The van der Waals surface area contributed by atoms with Crippen molar-refractivity contribution < 1.29 is 19.4 Å². The third-order valence-corrected chi connectivity index (χ3v) is 3.43. The minimum absolute atomic E-state index is 0.191. The van der Waals surface area contributed by atoms with Gasteiger partial charge in [0.05, 0.1) is 12.0 Å². The third-order valence-electron chi connectivity index (χ3n) is 3.43. The summed E-state index contributed by atoms with van der Waals surface area (Å²) in [5.41, 5.74) is -0.257. The number of carbonyl (C=O) groups is 2. The number of hydrogen-bond acceptors (Lipinski definition) is 3. The fraction of sp³-hybridized carbons (Fsp3) is 0.600. The summed E-state index contributed by atoms with van der Waals surface area (Å²) in [5, 5.41) is 9.26. The maximum atomic E-state index is 12.3. The number of hydrogen-bond donors (Lipinski definition) is 1. The van der Waals surface area contributed by atoms with Gasteiger partial charge >= 0.3 is 11.9 Å². The molecule has 0 heterocycles. The van der Waals surface area contributed by atoms with E-state index in [2.05, 4.69) is 0 Å². The molecule has 3 atom stereocenters. The van der Waals surface area contributed by atoms with E-state index in [0.29, 0.717) is 0 Å². The van der Waals surface area contributed by atoms with Crippen LogP contribution in [-0.2, 0) is 14.3 Å². The Morgan fingerprint density at radius 1 is 1.53 bits per heavy atom. The predicted octanol–water partition coefficient (Wildman–Crippen LogP) is 2.94. The summed E-state index contributed by atoms with van der Waals surface area (Å²) in [5.74, 6) is -2.36. The highest BCUT2D eigenvalue weighted by Crippen LogP contribution is 2.37. The number of carbonyl (C=O) groups excluding carboxylic acids is 1. The highest BCUT2D eigenvalue weighted by atomic mass is 16.5. The minimum Gasteiger partial charge on any atom is -0.481 e. The fourth-order valence-corrected chi connectivity index (χ4v) is 2.36. The summed E-state index contributed by atoms with van der Waals surface area (Å²) in [7, 11) is 0. The number of aliphatic carboxylic acids is 1. The molecule has 0 aromatic rings. The number of carboxylic acids is 1. The summed E-state index contributed by atoms with van der Waals surface area (Å²) in [6.07, 6.45) is 6.48. The Morgan fingerprint density at radius 2 is 2.16 bits per heavy atom.